The van der Waals surface area contributed by atoms with Crippen molar-refractivity contribution in [3.8, 4) is 0 Å². The number of sulfonamides is 1. The van der Waals surface area contributed by atoms with Gasteiger partial charge >= 0.3 is 0 Å². The predicted molar refractivity (Wildman–Crippen MR) is 58.6 cm³/mol. The van der Waals surface area contributed by atoms with Gasteiger partial charge in [0.15, 0.2) is 0 Å². The number of hydrogen-bond donors (Lipinski definition) is 0. The summed E-state index contributed by atoms with van der Waals surface area (Å²) in [7, 11) is -3.00. The van der Waals surface area contributed by atoms with Gasteiger partial charge in [-0.3, -0.25) is 0 Å². The van der Waals surface area contributed by atoms with E-state index in [1.54, 1.807) is 11.2 Å². The van der Waals surface area contributed by atoms with E-state index in [-0.39, 0.29) is 5.25 Å². The fraction of sp³-hybridized carbons (Fsp3) is 1.00. The van der Waals surface area contributed by atoms with E-state index in [1.807, 2.05) is 6.92 Å². The van der Waals surface area contributed by atoms with Crippen LogP contribution in [-0.4, -0.2) is 31.1 Å². The lowest BCUT2D eigenvalue weighted by molar-refractivity contribution is 0.285. The summed E-state index contributed by atoms with van der Waals surface area (Å²) in [4.78, 5) is 0. The summed E-state index contributed by atoms with van der Waals surface area (Å²) in [6, 6.07) is 0. The van der Waals surface area contributed by atoms with Crippen LogP contribution in [-0.2, 0) is 10.0 Å². The molecule has 0 amide bonds. The largest absolute Gasteiger partial charge is 0.216 e. The Morgan fingerprint density at radius 3 is 2.29 bits per heavy atom. The maximum absolute atomic E-state index is 11.9. The molecule has 1 rings (SSSR count). The van der Waals surface area contributed by atoms with Gasteiger partial charge in [-0.05, 0) is 32.1 Å². The topological polar surface area (TPSA) is 37.4 Å². The molecular weight excluding hydrogens is 198 g/mol. The van der Waals surface area contributed by atoms with E-state index in [0.29, 0.717) is 25.4 Å². The van der Waals surface area contributed by atoms with E-state index in [1.165, 1.54) is 0 Å². The van der Waals surface area contributed by atoms with Crippen LogP contribution in [0, 0.1) is 5.92 Å². The molecule has 84 valence electrons. The van der Waals surface area contributed by atoms with Crippen molar-refractivity contribution in [1.29, 1.82) is 0 Å². The summed E-state index contributed by atoms with van der Waals surface area (Å²) in [6.45, 7) is 7.34. The van der Waals surface area contributed by atoms with Crippen LogP contribution in [0.15, 0.2) is 0 Å². The molecule has 0 N–H and O–H groups in total. The molecule has 0 aliphatic carbocycles. The van der Waals surface area contributed by atoms with E-state index < -0.39 is 10.0 Å². The minimum absolute atomic E-state index is 0.226. The maximum atomic E-state index is 11.9. The second-order valence-corrected chi connectivity index (χ2v) is 6.70. The molecule has 1 fully saturated rings. The molecule has 1 atom stereocenters. The van der Waals surface area contributed by atoms with E-state index in [4.69, 9.17) is 0 Å². The molecule has 1 aliphatic heterocycles. The summed E-state index contributed by atoms with van der Waals surface area (Å²) >= 11 is 0. The molecule has 0 aromatic rings. The highest BCUT2D eigenvalue weighted by atomic mass is 32.2. The van der Waals surface area contributed by atoms with Crippen LogP contribution in [0.4, 0.5) is 0 Å². The first kappa shape index (κ1) is 12.0. The minimum Gasteiger partial charge on any atom is -0.212 e. The molecule has 14 heavy (non-hydrogen) atoms. The smallest absolute Gasteiger partial charge is 0.212 e. The standard InChI is InChI=1S/C10H21NO2S/c1-4-10(3)14(12,13)11-7-5-9(2)6-8-11/h9-10H,4-8H2,1-3H3. The van der Waals surface area contributed by atoms with E-state index in [2.05, 4.69) is 6.92 Å². The first-order valence-corrected chi connectivity index (χ1v) is 6.97. The second kappa shape index (κ2) is 4.62. The Labute approximate surface area is 87.5 Å². The minimum atomic E-state index is -3.00. The number of hydrogen-bond acceptors (Lipinski definition) is 2. The third kappa shape index (κ3) is 2.48. The van der Waals surface area contributed by atoms with Crippen molar-refractivity contribution in [1.82, 2.24) is 4.31 Å². The lowest BCUT2D eigenvalue weighted by Gasteiger charge is -2.31. The SMILES string of the molecule is CCC(C)S(=O)(=O)N1CCC(C)CC1. The third-order valence-electron chi connectivity index (χ3n) is 3.19. The van der Waals surface area contributed by atoms with Gasteiger partial charge in [-0.25, -0.2) is 12.7 Å². The van der Waals surface area contributed by atoms with Crippen LogP contribution in [0.3, 0.4) is 0 Å². The van der Waals surface area contributed by atoms with Crippen molar-refractivity contribution < 1.29 is 8.42 Å². The average Bonchev–Trinajstić information content (AvgIpc) is 2.17. The predicted octanol–water partition coefficient (Wildman–Crippen LogP) is 1.85. The first-order valence-electron chi connectivity index (χ1n) is 5.47. The molecule has 0 aromatic heterocycles. The van der Waals surface area contributed by atoms with Crippen LogP contribution < -0.4 is 0 Å². The number of nitrogens with zero attached hydrogens (tertiary/aromatic N) is 1. The fourth-order valence-electron chi connectivity index (χ4n) is 1.70. The van der Waals surface area contributed by atoms with Crippen LogP contribution in [0.25, 0.3) is 0 Å². The Hall–Kier alpha value is -0.0900. The molecule has 0 spiro atoms. The molecule has 1 saturated heterocycles. The summed E-state index contributed by atoms with van der Waals surface area (Å²) in [5.74, 6) is 0.679. The quantitative estimate of drug-likeness (QED) is 0.726. The monoisotopic (exact) mass is 219 g/mol. The summed E-state index contributed by atoms with van der Waals surface area (Å²) in [5.41, 5.74) is 0. The fourth-order valence-corrected chi connectivity index (χ4v) is 3.35. The Kier molecular flexibility index (Phi) is 3.95. The normalized spacial score (nSPS) is 23.6. The third-order valence-corrected chi connectivity index (χ3v) is 5.62. The zero-order valence-corrected chi connectivity index (χ0v) is 10.2. The molecule has 0 radical (unpaired) electrons. The first-order chi connectivity index (χ1) is 6.48. The van der Waals surface area contributed by atoms with Gasteiger partial charge in [0.2, 0.25) is 10.0 Å². The van der Waals surface area contributed by atoms with E-state index >= 15 is 0 Å². The summed E-state index contributed by atoms with van der Waals surface area (Å²) in [6.07, 6.45) is 2.72. The van der Waals surface area contributed by atoms with Crippen LogP contribution in [0.2, 0.25) is 0 Å². The van der Waals surface area contributed by atoms with Gasteiger partial charge < -0.3 is 0 Å². The molecule has 4 heteroatoms. The van der Waals surface area contributed by atoms with Crippen LogP contribution in [0.1, 0.15) is 40.0 Å². The van der Waals surface area contributed by atoms with Crippen molar-refractivity contribution in [3.63, 3.8) is 0 Å². The van der Waals surface area contributed by atoms with Crippen molar-refractivity contribution in [3.05, 3.63) is 0 Å². The molecule has 0 aromatic carbocycles. The Balaban J connectivity index is 2.65. The number of piperidine rings is 1. The lowest BCUT2D eigenvalue weighted by atomic mass is 10.0. The Bertz CT molecular complexity index is 266. The highest BCUT2D eigenvalue weighted by Crippen LogP contribution is 2.21. The maximum Gasteiger partial charge on any atom is 0.216 e. The lowest BCUT2D eigenvalue weighted by Crippen LogP contribution is -2.42. The van der Waals surface area contributed by atoms with E-state index in [0.717, 1.165) is 12.8 Å². The summed E-state index contributed by atoms with van der Waals surface area (Å²) < 4.78 is 25.6. The molecule has 1 aliphatic rings. The Morgan fingerprint density at radius 2 is 1.86 bits per heavy atom. The Morgan fingerprint density at radius 1 is 1.36 bits per heavy atom. The highest BCUT2D eigenvalue weighted by Gasteiger charge is 2.29. The van der Waals surface area contributed by atoms with E-state index in [9.17, 15) is 8.42 Å². The van der Waals surface area contributed by atoms with Crippen LogP contribution >= 0.6 is 0 Å². The van der Waals surface area contributed by atoms with Gasteiger partial charge in [0.25, 0.3) is 0 Å². The molecule has 0 saturated carbocycles. The zero-order valence-electron chi connectivity index (χ0n) is 9.36. The van der Waals surface area contributed by atoms with Crippen molar-refractivity contribution in [2.75, 3.05) is 13.1 Å². The molecule has 1 heterocycles. The van der Waals surface area contributed by atoms with Gasteiger partial charge in [0.05, 0.1) is 5.25 Å². The second-order valence-electron chi connectivity index (χ2n) is 4.35. The molecular formula is C10H21NO2S. The molecule has 3 nitrogen and oxygen atoms in total. The van der Waals surface area contributed by atoms with Crippen LogP contribution in [0.5, 0.6) is 0 Å². The van der Waals surface area contributed by atoms with Gasteiger partial charge in [-0.15, -0.1) is 0 Å². The number of rotatable bonds is 3. The highest BCUT2D eigenvalue weighted by molar-refractivity contribution is 7.89. The molecule has 1 unspecified atom stereocenters. The molecule has 0 bridgehead atoms. The van der Waals surface area contributed by atoms with Crippen molar-refractivity contribution >= 4 is 10.0 Å². The average molecular weight is 219 g/mol. The van der Waals surface area contributed by atoms with Gasteiger partial charge in [-0.1, -0.05) is 13.8 Å². The zero-order chi connectivity index (χ0) is 10.8. The van der Waals surface area contributed by atoms with Gasteiger partial charge in [0.1, 0.15) is 0 Å². The summed E-state index contributed by atoms with van der Waals surface area (Å²) in [5, 5.41) is -0.226. The van der Waals surface area contributed by atoms with Gasteiger partial charge in [0, 0.05) is 13.1 Å². The van der Waals surface area contributed by atoms with Crippen molar-refractivity contribution in [2.24, 2.45) is 5.92 Å². The van der Waals surface area contributed by atoms with Gasteiger partial charge in [-0.2, -0.15) is 0 Å². The van der Waals surface area contributed by atoms with Crippen molar-refractivity contribution in [2.45, 2.75) is 45.3 Å².